The van der Waals surface area contributed by atoms with Gasteiger partial charge in [-0.2, -0.15) is 0 Å². The SMILES string of the molecule is COC(=O)C(C)CC(Cc1ccccc1)NC(=O)c1csc(C(CC(NC(=O)OC(C)(C)C)C(C)C)OC(C)=O)n1. The summed E-state index contributed by atoms with van der Waals surface area (Å²) in [5, 5.41) is 7.91. The van der Waals surface area contributed by atoms with Gasteiger partial charge >= 0.3 is 18.0 Å². The first-order valence-corrected chi connectivity index (χ1v) is 14.6. The molecule has 1 heterocycles. The summed E-state index contributed by atoms with van der Waals surface area (Å²) in [5.74, 6) is -1.68. The highest BCUT2D eigenvalue weighted by molar-refractivity contribution is 7.09. The molecule has 41 heavy (non-hydrogen) atoms. The molecular formula is C30H43N3O7S. The van der Waals surface area contributed by atoms with Crippen molar-refractivity contribution in [1.82, 2.24) is 15.6 Å². The largest absolute Gasteiger partial charge is 0.469 e. The minimum absolute atomic E-state index is 0.00106. The van der Waals surface area contributed by atoms with Gasteiger partial charge in [-0.3, -0.25) is 14.4 Å². The second kappa shape index (κ2) is 15.5. The zero-order chi connectivity index (χ0) is 30.7. The lowest BCUT2D eigenvalue weighted by Crippen LogP contribution is -2.42. The summed E-state index contributed by atoms with van der Waals surface area (Å²) >= 11 is 1.20. The lowest BCUT2D eigenvalue weighted by molar-refractivity contribution is -0.147. The molecule has 0 saturated heterocycles. The highest BCUT2D eigenvalue weighted by Gasteiger charge is 2.29. The maximum atomic E-state index is 13.3. The van der Waals surface area contributed by atoms with E-state index in [2.05, 4.69) is 15.6 Å². The van der Waals surface area contributed by atoms with Gasteiger partial charge in [0.05, 0.1) is 13.0 Å². The Labute approximate surface area is 246 Å². The highest BCUT2D eigenvalue weighted by atomic mass is 32.1. The Morgan fingerprint density at radius 2 is 1.66 bits per heavy atom. The van der Waals surface area contributed by atoms with Crippen LogP contribution in [0.4, 0.5) is 4.79 Å². The van der Waals surface area contributed by atoms with E-state index in [-0.39, 0.29) is 36.1 Å². The Hall–Kier alpha value is -3.47. The number of hydrogen-bond acceptors (Lipinski definition) is 9. The van der Waals surface area contributed by atoms with Gasteiger partial charge in [0.1, 0.15) is 16.3 Å². The number of carbonyl (C=O) groups is 4. The maximum absolute atomic E-state index is 13.3. The average Bonchev–Trinajstić information content (AvgIpc) is 3.37. The number of ether oxygens (including phenoxy) is 3. The fraction of sp³-hybridized carbons (Fsp3) is 0.567. The molecular weight excluding hydrogens is 546 g/mol. The Bertz CT molecular complexity index is 1160. The van der Waals surface area contributed by atoms with Crippen molar-refractivity contribution in [2.24, 2.45) is 11.8 Å². The van der Waals surface area contributed by atoms with Crippen LogP contribution in [0.1, 0.15) is 88.5 Å². The van der Waals surface area contributed by atoms with Gasteiger partial charge in [-0.15, -0.1) is 11.3 Å². The first-order valence-electron chi connectivity index (χ1n) is 13.7. The number of nitrogens with zero attached hydrogens (tertiary/aromatic N) is 1. The Balaban J connectivity index is 2.21. The van der Waals surface area contributed by atoms with Gasteiger partial charge in [0.25, 0.3) is 5.91 Å². The number of aromatic nitrogens is 1. The van der Waals surface area contributed by atoms with E-state index in [1.807, 2.05) is 44.2 Å². The van der Waals surface area contributed by atoms with Crippen LogP contribution in [0.15, 0.2) is 35.7 Å². The van der Waals surface area contributed by atoms with Crippen LogP contribution in [-0.4, -0.2) is 53.7 Å². The molecule has 2 N–H and O–H groups in total. The normalized spacial score (nSPS) is 14.4. The van der Waals surface area contributed by atoms with E-state index in [9.17, 15) is 19.2 Å². The van der Waals surface area contributed by atoms with Crippen molar-refractivity contribution in [1.29, 1.82) is 0 Å². The molecule has 4 unspecified atom stereocenters. The van der Waals surface area contributed by atoms with Gasteiger partial charge in [0, 0.05) is 30.8 Å². The smallest absolute Gasteiger partial charge is 0.407 e. The molecule has 1 aromatic carbocycles. The van der Waals surface area contributed by atoms with E-state index in [0.29, 0.717) is 17.8 Å². The van der Waals surface area contributed by atoms with Crippen LogP contribution >= 0.6 is 11.3 Å². The fourth-order valence-corrected chi connectivity index (χ4v) is 5.04. The van der Waals surface area contributed by atoms with Gasteiger partial charge in [0.15, 0.2) is 6.10 Å². The van der Waals surface area contributed by atoms with Crippen molar-refractivity contribution in [2.75, 3.05) is 7.11 Å². The number of thiazole rings is 1. The maximum Gasteiger partial charge on any atom is 0.407 e. The quantitative estimate of drug-likeness (QED) is 0.240. The second-order valence-electron chi connectivity index (χ2n) is 11.4. The number of methoxy groups -OCH3 is 1. The van der Waals surface area contributed by atoms with Crippen LogP contribution in [0.3, 0.4) is 0 Å². The number of alkyl carbamates (subject to hydrolysis) is 1. The summed E-state index contributed by atoms with van der Waals surface area (Å²) in [4.78, 5) is 54.2. The summed E-state index contributed by atoms with van der Waals surface area (Å²) < 4.78 is 15.8. The lowest BCUT2D eigenvalue weighted by Gasteiger charge is -2.28. The zero-order valence-electron chi connectivity index (χ0n) is 25.2. The first kappa shape index (κ1) is 33.7. The van der Waals surface area contributed by atoms with Gasteiger partial charge < -0.3 is 24.8 Å². The molecule has 0 aliphatic carbocycles. The number of carbonyl (C=O) groups excluding carboxylic acids is 4. The molecule has 1 aromatic heterocycles. The van der Waals surface area contributed by atoms with Gasteiger partial charge in [-0.1, -0.05) is 51.1 Å². The van der Waals surface area contributed by atoms with E-state index in [4.69, 9.17) is 14.2 Å². The van der Waals surface area contributed by atoms with Crippen LogP contribution in [0, 0.1) is 11.8 Å². The Morgan fingerprint density at radius 1 is 1.00 bits per heavy atom. The molecule has 0 aliphatic rings. The first-order chi connectivity index (χ1) is 19.2. The molecule has 10 nitrogen and oxygen atoms in total. The minimum Gasteiger partial charge on any atom is -0.469 e. The van der Waals surface area contributed by atoms with E-state index < -0.39 is 35.6 Å². The summed E-state index contributed by atoms with van der Waals surface area (Å²) in [7, 11) is 1.34. The van der Waals surface area contributed by atoms with E-state index in [1.165, 1.54) is 25.4 Å². The van der Waals surface area contributed by atoms with Crippen LogP contribution in [0.2, 0.25) is 0 Å². The molecule has 11 heteroatoms. The number of benzene rings is 1. The minimum atomic E-state index is -0.777. The Kier molecular flexibility index (Phi) is 12.8. The molecule has 0 bridgehead atoms. The van der Waals surface area contributed by atoms with Gasteiger partial charge in [0.2, 0.25) is 0 Å². The second-order valence-corrected chi connectivity index (χ2v) is 12.3. The average molecular weight is 590 g/mol. The monoisotopic (exact) mass is 589 g/mol. The predicted octanol–water partition coefficient (Wildman–Crippen LogP) is 5.23. The van der Waals surface area contributed by atoms with Gasteiger partial charge in [-0.05, 0) is 45.1 Å². The van der Waals surface area contributed by atoms with Gasteiger partial charge in [-0.25, -0.2) is 9.78 Å². The number of amides is 2. The molecule has 2 aromatic rings. The lowest BCUT2D eigenvalue weighted by atomic mass is 9.96. The standard InChI is InChI=1S/C30H43N3O7S/c1-18(2)23(33-29(37)40-30(5,6)7)16-25(39-20(4)34)27-32-24(17-41-27)26(35)31-22(14-19(3)28(36)38-8)15-21-12-10-9-11-13-21/h9-13,17-19,22-23,25H,14-16H2,1-8H3,(H,31,35)(H,33,37). The third kappa shape index (κ3) is 11.9. The Morgan fingerprint density at radius 3 is 2.22 bits per heavy atom. The highest BCUT2D eigenvalue weighted by Crippen LogP contribution is 2.29. The molecule has 0 radical (unpaired) electrons. The van der Waals surface area contributed by atoms with Crippen LogP contribution in [0.25, 0.3) is 0 Å². The van der Waals surface area contributed by atoms with Crippen LogP contribution in [0.5, 0.6) is 0 Å². The van der Waals surface area contributed by atoms with E-state index in [0.717, 1.165) is 5.56 Å². The number of esters is 2. The molecule has 0 fully saturated rings. The summed E-state index contributed by atoms with van der Waals surface area (Å²) in [6, 6.07) is 8.94. The molecule has 0 spiro atoms. The van der Waals surface area contributed by atoms with Crippen molar-refractivity contribution in [3.8, 4) is 0 Å². The summed E-state index contributed by atoms with van der Waals surface area (Å²) in [6.07, 6.45) is -0.193. The van der Waals surface area contributed by atoms with Crippen molar-refractivity contribution < 1.29 is 33.4 Å². The van der Waals surface area contributed by atoms with Crippen molar-refractivity contribution in [2.45, 2.75) is 91.5 Å². The van der Waals surface area contributed by atoms with Crippen LogP contribution in [-0.2, 0) is 30.2 Å². The number of nitrogens with one attached hydrogen (secondary N) is 2. The van der Waals surface area contributed by atoms with E-state index in [1.54, 1.807) is 33.1 Å². The van der Waals surface area contributed by atoms with Crippen molar-refractivity contribution >= 4 is 35.3 Å². The molecule has 0 saturated carbocycles. The fourth-order valence-electron chi connectivity index (χ4n) is 4.20. The molecule has 226 valence electrons. The number of rotatable bonds is 13. The van der Waals surface area contributed by atoms with E-state index >= 15 is 0 Å². The number of hydrogen-bond donors (Lipinski definition) is 2. The topological polar surface area (TPSA) is 133 Å². The van der Waals surface area contributed by atoms with Crippen molar-refractivity contribution in [3.05, 3.63) is 52.0 Å². The summed E-state index contributed by atoms with van der Waals surface area (Å²) in [6.45, 7) is 12.3. The zero-order valence-corrected chi connectivity index (χ0v) is 26.0. The molecule has 2 rings (SSSR count). The third-order valence-electron chi connectivity index (χ3n) is 6.21. The van der Waals surface area contributed by atoms with Crippen molar-refractivity contribution in [3.63, 3.8) is 0 Å². The summed E-state index contributed by atoms with van der Waals surface area (Å²) in [5.41, 5.74) is 0.527. The van der Waals surface area contributed by atoms with Crippen LogP contribution < -0.4 is 10.6 Å². The molecule has 2 amide bonds. The molecule has 0 aliphatic heterocycles. The molecule has 4 atom stereocenters. The third-order valence-corrected chi connectivity index (χ3v) is 7.15. The predicted molar refractivity (Wildman–Crippen MR) is 156 cm³/mol.